The summed E-state index contributed by atoms with van der Waals surface area (Å²) >= 11 is 6.70. The predicted octanol–water partition coefficient (Wildman–Crippen LogP) is 2.54. The van der Waals surface area contributed by atoms with Crippen molar-refractivity contribution in [3.8, 4) is 0 Å². The van der Waals surface area contributed by atoms with Crippen molar-refractivity contribution < 1.29 is 4.79 Å². The Morgan fingerprint density at radius 2 is 2.00 bits per heavy atom. The third-order valence-corrected chi connectivity index (χ3v) is 3.39. The average Bonchev–Trinajstić information content (AvgIpc) is 2.43. The number of benzene rings is 1. The number of anilines is 2. The molecule has 98 valence electrons. The van der Waals surface area contributed by atoms with Crippen LogP contribution in [0.2, 0.25) is 0 Å². The molecular weight excluding hydrogens is 378 g/mol. The zero-order chi connectivity index (χ0) is 13.8. The van der Waals surface area contributed by atoms with E-state index in [1.54, 1.807) is 6.07 Å². The first-order valence-electron chi connectivity index (χ1n) is 5.15. The second-order valence-corrected chi connectivity index (χ2v) is 5.28. The molecule has 0 fully saturated rings. The number of hydrogen-bond donors (Lipinski definition) is 3. The lowest BCUT2D eigenvalue weighted by Crippen LogP contribution is -2.15. The number of nitrogens with one attached hydrogen (secondary N) is 2. The maximum Gasteiger partial charge on any atom is 0.275 e. The van der Waals surface area contributed by atoms with E-state index < -0.39 is 0 Å². The van der Waals surface area contributed by atoms with Gasteiger partial charge in [-0.2, -0.15) is 0 Å². The third-order valence-electron chi connectivity index (χ3n) is 2.21. The predicted molar refractivity (Wildman–Crippen MR) is 79.6 cm³/mol. The number of aromatic nitrogens is 2. The van der Waals surface area contributed by atoms with Crippen molar-refractivity contribution in [3.05, 3.63) is 45.2 Å². The molecule has 1 aromatic carbocycles. The summed E-state index contributed by atoms with van der Waals surface area (Å²) in [6.45, 7) is 0. The summed E-state index contributed by atoms with van der Waals surface area (Å²) in [7, 11) is 0. The minimum absolute atomic E-state index is 0.200. The van der Waals surface area contributed by atoms with E-state index in [0.717, 1.165) is 8.95 Å². The molecule has 2 aromatic rings. The zero-order valence-electron chi connectivity index (χ0n) is 9.52. The van der Waals surface area contributed by atoms with Crippen LogP contribution in [0.3, 0.4) is 0 Å². The molecule has 0 aliphatic carbocycles. The molecule has 0 saturated carbocycles. The number of hydrogen-bond acceptors (Lipinski definition) is 5. The van der Waals surface area contributed by atoms with Crippen molar-refractivity contribution in [2.75, 3.05) is 10.7 Å². The highest BCUT2D eigenvalue weighted by Gasteiger charge is 2.10. The van der Waals surface area contributed by atoms with E-state index in [0.29, 0.717) is 11.5 Å². The Morgan fingerprint density at radius 3 is 2.63 bits per heavy atom. The molecule has 8 heteroatoms. The van der Waals surface area contributed by atoms with Gasteiger partial charge in [-0.3, -0.25) is 4.79 Å². The van der Waals surface area contributed by atoms with Crippen molar-refractivity contribution in [3.63, 3.8) is 0 Å². The Bertz CT molecular complexity index is 603. The van der Waals surface area contributed by atoms with Crippen molar-refractivity contribution in [1.29, 1.82) is 0 Å². The van der Waals surface area contributed by atoms with Gasteiger partial charge in [-0.15, -0.1) is 0 Å². The van der Waals surface area contributed by atoms with Gasteiger partial charge in [0.1, 0.15) is 5.69 Å². The number of carbonyl (C=O) groups excluding carboxylic acids is 1. The molecule has 19 heavy (non-hydrogen) atoms. The van der Waals surface area contributed by atoms with Crippen LogP contribution in [0.25, 0.3) is 0 Å². The van der Waals surface area contributed by atoms with E-state index in [1.165, 1.54) is 12.4 Å². The molecule has 1 amide bonds. The van der Waals surface area contributed by atoms with Crippen LogP contribution in [0, 0.1) is 0 Å². The number of nitrogens with zero attached hydrogens (tertiary/aromatic N) is 2. The molecule has 4 N–H and O–H groups in total. The standard InChI is InChI=1S/C11H9Br2N5O/c12-6-1-2-7(13)8(3-6)17-11(19)9-4-16-10(18-14)5-15-9/h1-5H,14H2,(H,16,18)(H,17,19). The van der Waals surface area contributed by atoms with Gasteiger partial charge in [0.05, 0.1) is 18.1 Å². The quantitative estimate of drug-likeness (QED) is 0.556. The fourth-order valence-electron chi connectivity index (χ4n) is 1.30. The van der Waals surface area contributed by atoms with E-state index in [-0.39, 0.29) is 11.6 Å². The highest BCUT2D eigenvalue weighted by Crippen LogP contribution is 2.26. The molecular formula is C11H9Br2N5O. The number of nitrogen functional groups attached to an aromatic ring is 1. The first kappa shape index (κ1) is 13.9. The van der Waals surface area contributed by atoms with E-state index in [2.05, 4.69) is 52.6 Å². The van der Waals surface area contributed by atoms with Gasteiger partial charge in [-0.05, 0) is 34.1 Å². The zero-order valence-corrected chi connectivity index (χ0v) is 12.7. The van der Waals surface area contributed by atoms with Crippen LogP contribution in [0.4, 0.5) is 11.5 Å². The van der Waals surface area contributed by atoms with Gasteiger partial charge in [0.25, 0.3) is 5.91 Å². The number of carbonyl (C=O) groups is 1. The van der Waals surface area contributed by atoms with E-state index in [4.69, 9.17) is 5.84 Å². The number of halogens is 2. The van der Waals surface area contributed by atoms with Crippen molar-refractivity contribution in [2.24, 2.45) is 5.84 Å². The molecule has 0 unspecified atom stereocenters. The molecule has 0 aliphatic rings. The molecule has 0 radical (unpaired) electrons. The molecule has 1 heterocycles. The SMILES string of the molecule is NNc1cnc(C(=O)Nc2cc(Br)ccc2Br)cn1. The summed E-state index contributed by atoms with van der Waals surface area (Å²) in [5, 5.41) is 2.73. The van der Waals surface area contributed by atoms with E-state index in [1.807, 2.05) is 12.1 Å². The van der Waals surface area contributed by atoms with E-state index >= 15 is 0 Å². The molecule has 0 saturated heterocycles. The Labute approximate surface area is 126 Å². The topological polar surface area (TPSA) is 92.9 Å². The second kappa shape index (κ2) is 6.09. The number of amides is 1. The maximum absolute atomic E-state index is 12.0. The van der Waals surface area contributed by atoms with Crippen LogP contribution in [0.1, 0.15) is 10.5 Å². The summed E-state index contributed by atoms with van der Waals surface area (Å²) in [6.07, 6.45) is 2.72. The van der Waals surface area contributed by atoms with Gasteiger partial charge in [-0.25, -0.2) is 15.8 Å². The monoisotopic (exact) mass is 385 g/mol. The van der Waals surface area contributed by atoms with Crippen molar-refractivity contribution in [2.45, 2.75) is 0 Å². The van der Waals surface area contributed by atoms with Crippen LogP contribution >= 0.6 is 31.9 Å². The Kier molecular flexibility index (Phi) is 4.46. The lowest BCUT2D eigenvalue weighted by Gasteiger charge is -2.07. The molecule has 0 aliphatic heterocycles. The van der Waals surface area contributed by atoms with E-state index in [9.17, 15) is 4.79 Å². The highest BCUT2D eigenvalue weighted by molar-refractivity contribution is 9.11. The molecule has 0 atom stereocenters. The minimum atomic E-state index is -0.352. The Hall–Kier alpha value is -1.51. The largest absolute Gasteiger partial charge is 0.320 e. The minimum Gasteiger partial charge on any atom is -0.320 e. The summed E-state index contributed by atoms with van der Waals surface area (Å²) in [4.78, 5) is 19.8. The summed E-state index contributed by atoms with van der Waals surface area (Å²) in [5.41, 5.74) is 3.18. The first-order valence-corrected chi connectivity index (χ1v) is 6.74. The normalized spacial score (nSPS) is 10.1. The van der Waals surface area contributed by atoms with Crippen LogP contribution < -0.4 is 16.6 Å². The lowest BCUT2D eigenvalue weighted by molar-refractivity contribution is 0.102. The van der Waals surface area contributed by atoms with Crippen LogP contribution in [0.15, 0.2) is 39.5 Å². The maximum atomic E-state index is 12.0. The number of hydrazine groups is 1. The average molecular weight is 387 g/mol. The molecule has 0 bridgehead atoms. The smallest absolute Gasteiger partial charge is 0.275 e. The van der Waals surface area contributed by atoms with Gasteiger partial charge in [0.15, 0.2) is 5.82 Å². The van der Waals surface area contributed by atoms with Gasteiger partial charge >= 0.3 is 0 Å². The summed E-state index contributed by atoms with van der Waals surface area (Å²) in [5.74, 6) is 5.21. The fraction of sp³-hybridized carbons (Fsp3) is 0. The van der Waals surface area contributed by atoms with Gasteiger partial charge in [-0.1, -0.05) is 15.9 Å². The van der Waals surface area contributed by atoms with Crippen molar-refractivity contribution in [1.82, 2.24) is 9.97 Å². The van der Waals surface area contributed by atoms with Crippen LogP contribution in [-0.2, 0) is 0 Å². The second-order valence-electron chi connectivity index (χ2n) is 3.51. The first-order chi connectivity index (χ1) is 9.10. The Balaban J connectivity index is 2.18. The van der Waals surface area contributed by atoms with Crippen LogP contribution in [0.5, 0.6) is 0 Å². The number of rotatable bonds is 3. The molecule has 2 rings (SSSR count). The highest BCUT2D eigenvalue weighted by atomic mass is 79.9. The third kappa shape index (κ3) is 3.49. The molecule has 1 aromatic heterocycles. The van der Waals surface area contributed by atoms with Gasteiger partial charge < -0.3 is 10.7 Å². The van der Waals surface area contributed by atoms with Crippen molar-refractivity contribution >= 4 is 49.3 Å². The van der Waals surface area contributed by atoms with Gasteiger partial charge in [0.2, 0.25) is 0 Å². The van der Waals surface area contributed by atoms with Gasteiger partial charge in [0, 0.05) is 8.95 Å². The fourth-order valence-corrected chi connectivity index (χ4v) is 2.01. The summed E-state index contributed by atoms with van der Waals surface area (Å²) in [6, 6.07) is 5.47. The lowest BCUT2D eigenvalue weighted by atomic mass is 10.3. The molecule has 0 spiro atoms. The molecule has 6 nitrogen and oxygen atoms in total. The summed E-state index contributed by atoms with van der Waals surface area (Å²) < 4.78 is 1.64. The Morgan fingerprint density at radius 1 is 1.21 bits per heavy atom. The van der Waals surface area contributed by atoms with Crippen LogP contribution in [-0.4, -0.2) is 15.9 Å². The number of nitrogens with two attached hydrogens (primary N) is 1.